The zero-order chi connectivity index (χ0) is 32.8. The third kappa shape index (κ3) is 6.38. The summed E-state index contributed by atoms with van der Waals surface area (Å²) in [7, 11) is -2.22. The molecule has 0 unspecified atom stereocenters. The number of ether oxygens (including phenoxy) is 2. The predicted molar refractivity (Wildman–Crippen MR) is 172 cm³/mol. The Morgan fingerprint density at radius 3 is 2.57 bits per heavy atom. The van der Waals surface area contributed by atoms with E-state index in [9.17, 15) is 22.8 Å². The number of ketones is 1. The molecule has 0 radical (unpaired) electrons. The number of allylic oxidation sites excluding steroid dienone is 2. The number of fused-ring (bicyclic) bond motifs is 3. The molecular formula is C34H44N4O7S. The molecule has 12 heteroatoms. The second kappa shape index (κ2) is 12.6. The Labute approximate surface area is 270 Å². The Bertz CT molecular complexity index is 1660. The number of sulfonamides is 1. The molecule has 11 nitrogen and oxygen atoms in total. The van der Waals surface area contributed by atoms with E-state index < -0.39 is 44.8 Å². The minimum absolute atomic E-state index is 0.113. The number of carbonyl (C=O) groups is 3. The number of benzene rings is 1. The zero-order valence-electron chi connectivity index (χ0n) is 26.7. The number of Topliss-reactive ketones (excluding diaryl/α,β-unsaturated/α-hetero) is 1. The van der Waals surface area contributed by atoms with Crippen LogP contribution in [0.5, 0.6) is 11.6 Å². The molecule has 3 heterocycles. The molecule has 4 aliphatic rings. The lowest BCUT2D eigenvalue weighted by Crippen LogP contribution is -2.52. The summed E-state index contributed by atoms with van der Waals surface area (Å²) >= 11 is 0. The first-order valence-electron chi connectivity index (χ1n) is 16.3. The van der Waals surface area contributed by atoms with E-state index in [4.69, 9.17) is 15.2 Å². The third-order valence-electron chi connectivity index (χ3n) is 10.3. The predicted octanol–water partition coefficient (Wildman–Crippen LogP) is 3.51. The van der Waals surface area contributed by atoms with Crippen molar-refractivity contribution in [1.82, 2.24) is 14.6 Å². The van der Waals surface area contributed by atoms with Gasteiger partial charge in [0.15, 0.2) is 5.78 Å². The van der Waals surface area contributed by atoms with Gasteiger partial charge in [-0.2, -0.15) is 0 Å². The van der Waals surface area contributed by atoms with Crippen LogP contribution in [0.4, 0.5) is 0 Å². The van der Waals surface area contributed by atoms with E-state index in [0.29, 0.717) is 36.8 Å². The first-order chi connectivity index (χ1) is 21.9. The van der Waals surface area contributed by atoms with E-state index in [0.717, 1.165) is 30.0 Å². The number of carbonyl (C=O) groups excluding carboxylic acids is 3. The minimum Gasteiger partial charge on any atom is -0.494 e. The monoisotopic (exact) mass is 652 g/mol. The summed E-state index contributed by atoms with van der Waals surface area (Å²) in [6.07, 6.45) is 8.86. The molecule has 2 aliphatic heterocycles. The van der Waals surface area contributed by atoms with Crippen LogP contribution >= 0.6 is 0 Å². The molecule has 2 aromatic rings. The number of methoxy groups -OCH3 is 1. The first-order valence-corrected chi connectivity index (χ1v) is 17.9. The first kappa shape index (κ1) is 32.4. The number of amides is 2. The molecular weight excluding hydrogens is 608 g/mol. The minimum atomic E-state index is -3.80. The van der Waals surface area contributed by atoms with Gasteiger partial charge in [-0.3, -0.25) is 19.1 Å². The van der Waals surface area contributed by atoms with Gasteiger partial charge in [0.25, 0.3) is 0 Å². The lowest BCUT2D eigenvalue weighted by atomic mass is 9.88. The van der Waals surface area contributed by atoms with E-state index in [1.807, 2.05) is 43.3 Å². The molecule has 1 aromatic carbocycles. The highest BCUT2D eigenvalue weighted by molar-refractivity contribution is 7.90. The Hall–Kier alpha value is -3.51. The maximum Gasteiger partial charge on any atom is 0.240 e. The van der Waals surface area contributed by atoms with Crippen LogP contribution in [0, 0.1) is 23.2 Å². The average molecular weight is 653 g/mol. The molecule has 6 rings (SSSR count). The van der Waals surface area contributed by atoms with Gasteiger partial charge in [-0.15, -0.1) is 0 Å². The van der Waals surface area contributed by atoms with Gasteiger partial charge in [0.05, 0.1) is 42.6 Å². The molecule has 0 bridgehead atoms. The van der Waals surface area contributed by atoms with E-state index in [2.05, 4.69) is 16.6 Å². The van der Waals surface area contributed by atoms with E-state index in [1.165, 1.54) is 4.90 Å². The normalized spacial score (nSPS) is 32.9. The second-order valence-electron chi connectivity index (χ2n) is 13.8. The van der Waals surface area contributed by atoms with Crippen molar-refractivity contribution in [3.05, 3.63) is 42.6 Å². The van der Waals surface area contributed by atoms with Crippen molar-refractivity contribution in [2.24, 2.45) is 28.9 Å². The molecule has 7 atom stereocenters. The average Bonchev–Trinajstić information content (AvgIpc) is 3.95. The van der Waals surface area contributed by atoms with Gasteiger partial charge >= 0.3 is 0 Å². The van der Waals surface area contributed by atoms with Crippen molar-refractivity contribution in [3.8, 4) is 11.6 Å². The van der Waals surface area contributed by atoms with Crippen LogP contribution in [-0.4, -0.2) is 73.0 Å². The van der Waals surface area contributed by atoms with Gasteiger partial charge in [-0.05, 0) is 62.3 Å². The van der Waals surface area contributed by atoms with Gasteiger partial charge < -0.3 is 20.1 Å². The molecule has 3 fully saturated rings. The largest absolute Gasteiger partial charge is 0.494 e. The van der Waals surface area contributed by atoms with Crippen LogP contribution in [0.3, 0.4) is 0 Å². The molecule has 248 valence electrons. The van der Waals surface area contributed by atoms with Crippen LogP contribution in [-0.2, 0) is 24.4 Å². The lowest BCUT2D eigenvalue weighted by molar-refractivity contribution is -0.140. The summed E-state index contributed by atoms with van der Waals surface area (Å²) in [5.74, 6) is -0.371. The Morgan fingerprint density at radius 1 is 1.11 bits per heavy atom. The van der Waals surface area contributed by atoms with Gasteiger partial charge in [0.2, 0.25) is 27.7 Å². The summed E-state index contributed by atoms with van der Waals surface area (Å²) in [6, 6.07) is 5.86. The van der Waals surface area contributed by atoms with Crippen LogP contribution in [0.15, 0.2) is 42.6 Å². The van der Waals surface area contributed by atoms with Crippen molar-refractivity contribution in [2.45, 2.75) is 88.7 Å². The van der Waals surface area contributed by atoms with Crippen molar-refractivity contribution in [2.75, 3.05) is 13.7 Å². The van der Waals surface area contributed by atoms with Crippen molar-refractivity contribution < 1.29 is 32.3 Å². The molecule has 2 amide bonds. The summed E-state index contributed by atoms with van der Waals surface area (Å²) in [5.41, 5.74) is 5.39. The Kier molecular flexibility index (Phi) is 8.88. The number of nitrogens with one attached hydrogen (secondary N) is 1. The summed E-state index contributed by atoms with van der Waals surface area (Å²) in [6.45, 7) is 4.23. The number of aromatic nitrogens is 1. The Morgan fingerprint density at radius 2 is 1.85 bits per heavy atom. The van der Waals surface area contributed by atoms with Crippen LogP contribution in [0.1, 0.15) is 65.2 Å². The lowest BCUT2D eigenvalue weighted by Gasteiger charge is -2.30. The third-order valence-corrected chi connectivity index (χ3v) is 12.1. The van der Waals surface area contributed by atoms with Crippen molar-refractivity contribution in [1.29, 1.82) is 0 Å². The maximum absolute atomic E-state index is 14.2. The van der Waals surface area contributed by atoms with Gasteiger partial charge in [-0.25, -0.2) is 13.4 Å². The summed E-state index contributed by atoms with van der Waals surface area (Å²) in [5, 5.41) is 0.997. The molecule has 2 saturated carbocycles. The fourth-order valence-corrected chi connectivity index (χ4v) is 8.60. The number of nitrogens with zero attached hydrogens (tertiary/aromatic N) is 2. The van der Waals surface area contributed by atoms with E-state index in [-0.39, 0.29) is 42.9 Å². The number of rotatable bonds is 6. The fourth-order valence-electron chi connectivity index (χ4n) is 7.21. The molecule has 2 aliphatic carbocycles. The van der Waals surface area contributed by atoms with Gasteiger partial charge in [-0.1, -0.05) is 44.2 Å². The summed E-state index contributed by atoms with van der Waals surface area (Å²) in [4.78, 5) is 47.8. The molecule has 3 N–H and O–H groups in total. The van der Waals surface area contributed by atoms with Crippen LogP contribution < -0.4 is 19.9 Å². The SMILES string of the molecule is COc1cnc(O[C@@H]2C[C@H]3C(=O)C[C@]4(C(=O)NS(=O)(=O)C5CC5)C[C@H]4/C=C\CC[C@@H](C)C[C@@H](C)[C@H](N)C(=O)N3C2)c2ccccc12. The van der Waals surface area contributed by atoms with Crippen molar-refractivity contribution >= 4 is 38.4 Å². The highest BCUT2D eigenvalue weighted by Gasteiger charge is 2.61. The Balaban J connectivity index is 1.30. The second-order valence-corrected chi connectivity index (χ2v) is 15.8. The van der Waals surface area contributed by atoms with Crippen LogP contribution in [0.25, 0.3) is 10.8 Å². The van der Waals surface area contributed by atoms with E-state index in [1.54, 1.807) is 13.3 Å². The number of hydrogen-bond donors (Lipinski definition) is 2. The van der Waals surface area contributed by atoms with E-state index >= 15 is 0 Å². The molecule has 46 heavy (non-hydrogen) atoms. The number of hydrogen-bond acceptors (Lipinski definition) is 9. The molecule has 1 aromatic heterocycles. The van der Waals surface area contributed by atoms with Crippen LogP contribution in [0.2, 0.25) is 0 Å². The smallest absolute Gasteiger partial charge is 0.240 e. The quantitative estimate of drug-likeness (QED) is 0.446. The fraction of sp³-hybridized carbons (Fsp3) is 0.588. The molecule has 1 saturated heterocycles. The standard InChI is InChI=1S/C34H44N4O7S/c1-20-8-4-5-9-22-16-34(22,33(41)37-46(42,43)24-12-13-24)17-28(39)27-15-23(19-38(27)32(40)30(35)21(2)14-20)45-31-26-11-7-6-10-25(26)29(44-3)18-36-31/h5-7,9-11,18,20-24,27,30H,4,8,12-17,19,35H2,1-3H3,(H,37,41)/b9-5-/t20-,21-,22-,23-,27+,30+,34-/m1/s1. The highest BCUT2D eigenvalue weighted by atomic mass is 32.2. The van der Waals surface area contributed by atoms with Gasteiger partial charge in [0.1, 0.15) is 11.9 Å². The van der Waals surface area contributed by atoms with Gasteiger partial charge in [0, 0.05) is 23.6 Å². The highest BCUT2D eigenvalue weighted by Crippen LogP contribution is 2.57. The summed E-state index contributed by atoms with van der Waals surface area (Å²) < 4.78 is 39.6. The zero-order valence-corrected chi connectivity index (χ0v) is 27.5. The van der Waals surface area contributed by atoms with Crippen molar-refractivity contribution in [3.63, 3.8) is 0 Å². The number of nitrogens with two attached hydrogens (primary N) is 1. The maximum atomic E-state index is 14.2. The molecule has 0 spiro atoms. The number of pyridine rings is 1. The topological polar surface area (TPSA) is 158 Å².